The van der Waals surface area contributed by atoms with E-state index in [1.165, 1.54) is 22.2 Å². The van der Waals surface area contributed by atoms with E-state index in [0.717, 1.165) is 17.5 Å². The third-order valence-electron chi connectivity index (χ3n) is 4.32. The molecule has 0 fully saturated rings. The van der Waals surface area contributed by atoms with Gasteiger partial charge < -0.3 is 10.1 Å². The standard InChI is InChI=1S/C18H17N3O3S/c22-17(15-13-4-2-1-3-12(13)5-9-24-15)19-7-8-21-11-20-14-6-10-25-16(14)18(21)23/h1-4,6,10-11,15H,5,7-9H2,(H,19,22). The molecular formula is C18H17N3O3S. The van der Waals surface area contributed by atoms with Gasteiger partial charge >= 0.3 is 0 Å². The first-order valence-electron chi connectivity index (χ1n) is 8.14. The molecule has 1 aliphatic heterocycles. The molecule has 25 heavy (non-hydrogen) atoms. The van der Waals surface area contributed by atoms with Crippen LogP contribution in [0.5, 0.6) is 0 Å². The second kappa shape index (κ2) is 6.78. The Morgan fingerprint density at radius 3 is 3.16 bits per heavy atom. The molecule has 128 valence electrons. The number of fused-ring (bicyclic) bond motifs is 2. The van der Waals surface area contributed by atoms with Crippen molar-refractivity contribution in [2.45, 2.75) is 19.1 Å². The van der Waals surface area contributed by atoms with Crippen molar-refractivity contribution in [2.24, 2.45) is 0 Å². The van der Waals surface area contributed by atoms with E-state index in [1.807, 2.05) is 35.7 Å². The Labute approximate surface area is 148 Å². The minimum atomic E-state index is -0.584. The van der Waals surface area contributed by atoms with E-state index in [9.17, 15) is 9.59 Å². The lowest BCUT2D eigenvalue weighted by molar-refractivity contribution is -0.134. The monoisotopic (exact) mass is 355 g/mol. The van der Waals surface area contributed by atoms with Crippen LogP contribution in [-0.2, 0) is 22.5 Å². The average molecular weight is 355 g/mol. The number of hydrogen-bond donors (Lipinski definition) is 1. The summed E-state index contributed by atoms with van der Waals surface area (Å²) in [4.78, 5) is 29.1. The number of hydrogen-bond acceptors (Lipinski definition) is 5. The third-order valence-corrected chi connectivity index (χ3v) is 5.21. The Balaban J connectivity index is 1.42. The number of amides is 1. The van der Waals surface area contributed by atoms with Crippen LogP contribution < -0.4 is 10.9 Å². The van der Waals surface area contributed by atoms with Gasteiger partial charge in [-0.2, -0.15) is 0 Å². The van der Waals surface area contributed by atoms with Crippen molar-refractivity contribution in [2.75, 3.05) is 13.2 Å². The highest BCUT2D eigenvalue weighted by atomic mass is 32.1. The summed E-state index contributed by atoms with van der Waals surface area (Å²) in [5, 5.41) is 4.71. The lowest BCUT2D eigenvalue weighted by Crippen LogP contribution is -2.36. The summed E-state index contributed by atoms with van der Waals surface area (Å²) in [6, 6.07) is 9.66. The topological polar surface area (TPSA) is 73.2 Å². The normalized spacial score (nSPS) is 16.6. The maximum Gasteiger partial charge on any atom is 0.271 e. The number of ether oxygens (including phenoxy) is 1. The summed E-state index contributed by atoms with van der Waals surface area (Å²) in [5.41, 5.74) is 2.71. The second-order valence-corrected chi connectivity index (χ2v) is 6.78. The number of carbonyl (C=O) groups excluding carboxylic acids is 1. The van der Waals surface area contributed by atoms with Gasteiger partial charge in [0.25, 0.3) is 11.5 Å². The van der Waals surface area contributed by atoms with Crippen LogP contribution in [0, 0.1) is 0 Å². The van der Waals surface area contributed by atoms with Gasteiger partial charge in [0.1, 0.15) is 4.70 Å². The van der Waals surface area contributed by atoms with Gasteiger partial charge in [-0.25, -0.2) is 4.98 Å². The van der Waals surface area contributed by atoms with E-state index < -0.39 is 6.10 Å². The zero-order valence-electron chi connectivity index (χ0n) is 13.5. The Hall–Kier alpha value is -2.51. The van der Waals surface area contributed by atoms with Crippen molar-refractivity contribution in [1.82, 2.24) is 14.9 Å². The first kappa shape index (κ1) is 16.0. The van der Waals surface area contributed by atoms with Crippen molar-refractivity contribution in [1.29, 1.82) is 0 Å². The maximum atomic E-state index is 12.5. The zero-order chi connectivity index (χ0) is 17.2. The van der Waals surface area contributed by atoms with Crippen molar-refractivity contribution < 1.29 is 9.53 Å². The van der Waals surface area contributed by atoms with Gasteiger partial charge in [-0.05, 0) is 29.0 Å². The number of carbonyl (C=O) groups is 1. The van der Waals surface area contributed by atoms with Gasteiger partial charge in [0.05, 0.1) is 18.5 Å². The first-order chi connectivity index (χ1) is 12.2. The molecule has 1 aliphatic rings. The van der Waals surface area contributed by atoms with Crippen LogP contribution in [0.2, 0.25) is 0 Å². The predicted molar refractivity (Wildman–Crippen MR) is 95.7 cm³/mol. The van der Waals surface area contributed by atoms with Gasteiger partial charge in [-0.1, -0.05) is 24.3 Å². The summed E-state index contributed by atoms with van der Waals surface area (Å²) in [7, 11) is 0. The van der Waals surface area contributed by atoms with E-state index in [2.05, 4.69) is 10.3 Å². The molecule has 0 spiro atoms. The molecule has 0 bridgehead atoms. The lowest BCUT2D eigenvalue weighted by Gasteiger charge is -2.25. The molecule has 1 amide bonds. The van der Waals surface area contributed by atoms with Crippen LogP contribution in [0.1, 0.15) is 17.2 Å². The predicted octanol–water partition coefficient (Wildman–Crippen LogP) is 1.89. The Morgan fingerprint density at radius 2 is 2.24 bits per heavy atom. The molecule has 2 aromatic heterocycles. The van der Waals surface area contributed by atoms with Crippen LogP contribution in [0.4, 0.5) is 0 Å². The number of aromatic nitrogens is 2. The number of nitrogens with zero attached hydrogens (tertiary/aromatic N) is 2. The molecule has 1 N–H and O–H groups in total. The van der Waals surface area contributed by atoms with Gasteiger partial charge in [-0.15, -0.1) is 11.3 Å². The summed E-state index contributed by atoms with van der Waals surface area (Å²) in [5.74, 6) is -0.176. The highest BCUT2D eigenvalue weighted by Gasteiger charge is 2.26. The molecule has 4 rings (SSSR count). The smallest absolute Gasteiger partial charge is 0.271 e. The molecule has 0 aliphatic carbocycles. The van der Waals surface area contributed by atoms with E-state index in [0.29, 0.717) is 29.9 Å². The highest BCUT2D eigenvalue weighted by Crippen LogP contribution is 2.26. The van der Waals surface area contributed by atoms with E-state index in [4.69, 9.17) is 4.74 Å². The van der Waals surface area contributed by atoms with Crippen molar-refractivity contribution in [3.05, 3.63) is 63.5 Å². The molecule has 0 radical (unpaired) electrons. The van der Waals surface area contributed by atoms with Crippen LogP contribution in [-0.4, -0.2) is 28.6 Å². The van der Waals surface area contributed by atoms with E-state index in [-0.39, 0.29) is 11.5 Å². The fourth-order valence-electron chi connectivity index (χ4n) is 3.04. The molecule has 7 heteroatoms. The van der Waals surface area contributed by atoms with Gasteiger partial charge in [0.2, 0.25) is 0 Å². The van der Waals surface area contributed by atoms with Crippen LogP contribution >= 0.6 is 11.3 Å². The number of thiophene rings is 1. The Bertz CT molecular complexity index is 979. The zero-order valence-corrected chi connectivity index (χ0v) is 14.3. The van der Waals surface area contributed by atoms with E-state index >= 15 is 0 Å². The van der Waals surface area contributed by atoms with Crippen LogP contribution in [0.15, 0.2) is 46.8 Å². The number of benzene rings is 1. The van der Waals surface area contributed by atoms with Gasteiger partial charge in [0.15, 0.2) is 6.10 Å². The van der Waals surface area contributed by atoms with Crippen molar-refractivity contribution >= 4 is 27.5 Å². The average Bonchev–Trinajstić information content (AvgIpc) is 3.12. The van der Waals surface area contributed by atoms with Crippen molar-refractivity contribution in [3.63, 3.8) is 0 Å². The molecule has 6 nitrogen and oxygen atoms in total. The summed E-state index contributed by atoms with van der Waals surface area (Å²) < 4.78 is 7.81. The minimum Gasteiger partial charge on any atom is -0.363 e. The Morgan fingerprint density at radius 1 is 1.36 bits per heavy atom. The molecule has 1 atom stereocenters. The van der Waals surface area contributed by atoms with Crippen molar-refractivity contribution in [3.8, 4) is 0 Å². The third kappa shape index (κ3) is 3.08. The minimum absolute atomic E-state index is 0.0755. The quantitative estimate of drug-likeness (QED) is 0.776. The van der Waals surface area contributed by atoms with E-state index in [1.54, 1.807) is 0 Å². The summed E-state index contributed by atoms with van der Waals surface area (Å²) >= 11 is 1.38. The van der Waals surface area contributed by atoms with Crippen LogP contribution in [0.3, 0.4) is 0 Å². The fraction of sp³-hybridized carbons (Fsp3) is 0.278. The molecular weight excluding hydrogens is 338 g/mol. The van der Waals surface area contributed by atoms with Gasteiger partial charge in [-0.3, -0.25) is 14.2 Å². The largest absolute Gasteiger partial charge is 0.363 e. The molecule has 0 saturated heterocycles. The molecule has 3 aromatic rings. The number of rotatable bonds is 4. The van der Waals surface area contributed by atoms with Crippen LogP contribution in [0.25, 0.3) is 10.2 Å². The second-order valence-electron chi connectivity index (χ2n) is 5.87. The number of nitrogens with one attached hydrogen (secondary N) is 1. The van der Waals surface area contributed by atoms with Gasteiger partial charge in [0, 0.05) is 13.1 Å². The lowest BCUT2D eigenvalue weighted by atomic mass is 9.97. The molecule has 0 saturated carbocycles. The molecule has 1 aromatic carbocycles. The SMILES string of the molecule is O=C(NCCn1cnc2ccsc2c1=O)C1OCCc2ccccc21. The first-order valence-corrected chi connectivity index (χ1v) is 9.02. The fourth-order valence-corrected chi connectivity index (χ4v) is 3.83. The highest BCUT2D eigenvalue weighted by molar-refractivity contribution is 7.17. The Kier molecular flexibility index (Phi) is 4.33. The molecule has 1 unspecified atom stereocenters. The molecule has 3 heterocycles. The summed E-state index contributed by atoms with van der Waals surface area (Å²) in [6.07, 6.45) is 1.76. The summed E-state index contributed by atoms with van der Waals surface area (Å²) in [6.45, 7) is 1.26. The maximum absolute atomic E-state index is 12.5.